The maximum Gasteiger partial charge on any atom is 0.343 e. The van der Waals surface area contributed by atoms with E-state index in [9.17, 15) is 4.79 Å². The normalized spacial score (nSPS) is 18.1. The quantitative estimate of drug-likeness (QED) is 0.719. The first-order valence-electron chi connectivity index (χ1n) is 6.50. The average Bonchev–Trinajstić information content (AvgIpc) is 2.35. The lowest BCUT2D eigenvalue weighted by Gasteiger charge is -2.20. The fraction of sp³-hybridized carbons (Fsp3) is 0.714. The van der Waals surface area contributed by atoms with Crippen molar-refractivity contribution in [2.45, 2.75) is 45.6 Å². The summed E-state index contributed by atoms with van der Waals surface area (Å²) < 4.78 is 15.5. The van der Waals surface area contributed by atoms with E-state index in [1.807, 2.05) is 26.8 Å². The van der Waals surface area contributed by atoms with Gasteiger partial charge in [0.05, 0.1) is 18.4 Å². The first kappa shape index (κ1) is 15.7. The first-order chi connectivity index (χ1) is 8.92. The summed E-state index contributed by atoms with van der Waals surface area (Å²) in [6.45, 7) is 6.18. The molecule has 0 heterocycles. The van der Waals surface area contributed by atoms with E-state index < -0.39 is 5.97 Å². The van der Waals surface area contributed by atoms with Crippen molar-refractivity contribution in [1.82, 2.24) is 0 Å². The number of methoxy groups -OCH3 is 1. The van der Waals surface area contributed by atoms with E-state index in [0.717, 1.165) is 25.0 Å². The molecule has 0 aromatic carbocycles. The van der Waals surface area contributed by atoms with Crippen LogP contribution in [-0.4, -0.2) is 37.7 Å². The molecule has 5 nitrogen and oxygen atoms in total. The Morgan fingerprint density at radius 2 is 2.16 bits per heavy atom. The Bertz CT molecular complexity index is 366. The third-order valence-corrected chi connectivity index (χ3v) is 2.56. The average molecular weight is 269 g/mol. The lowest BCUT2D eigenvalue weighted by molar-refractivity contribution is -0.144. The monoisotopic (exact) mass is 269 g/mol. The molecule has 0 fully saturated rings. The van der Waals surface area contributed by atoms with Gasteiger partial charge in [-0.25, -0.2) is 4.79 Å². The molecule has 108 valence electrons. The zero-order valence-electron chi connectivity index (χ0n) is 12.2. The molecule has 1 rings (SSSR count). The zero-order chi connectivity index (χ0) is 14.3. The molecule has 0 saturated carbocycles. The van der Waals surface area contributed by atoms with Crippen LogP contribution in [0.25, 0.3) is 0 Å². The van der Waals surface area contributed by atoms with Crippen molar-refractivity contribution >= 4 is 11.7 Å². The van der Waals surface area contributed by atoms with Gasteiger partial charge < -0.3 is 14.2 Å². The highest BCUT2D eigenvalue weighted by atomic mass is 16.6. The molecule has 0 unspecified atom stereocenters. The van der Waals surface area contributed by atoms with Crippen LogP contribution in [0.4, 0.5) is 0 Å². The minimum Gasteiger partial charge on any atom is -0.480 e. The number of hydrogen-bond acceptors (Lipinski definition) is 5. The van der Waals surface area contributed by atoms with Gasteiger partial charge in [0.2, 0.25) is 0 Å². The Balaban J connectivity index is 2.54. The SMILES string of the molecule is COC(=O)COC1=CCCCC1=NCOC(C)(C)C. The fourth-order valence-electron chi connectivity index (χ4n) is 1.54. The van der Waals surface area contributed by atoms with Crippen LogP contribution in [0.5, 0.6) is 0 Å². The molecular weight excluding hydrogens is 246 g/mol. The van der Waals surface area contributed by atoms with Crippen LogP contribution in [0.1, 0.15) is 40.0 Å². The van der Waals surface area contributed by atoms with Crippen molar-refractivity contribution in [2.75, 3.05) is 20.4 Å². The number of rotatable bonds is 5. The number of nitrogens with zero attached hydrogens (tertiary/aromatic N) is 1. The minimum atomic E-state index is -0.392. The number of allylic oxidation sites excluding steroid dienone is 2. The number of ether oxygens (including phenoxy) is 3. The predicted molar refractivity (Wildman–Crippen MR) is 73.0 cm³/mol. The van der Waals surface area contributed by atoms with E-state index in [0.29, 0.717) is 12.5 Å². The Hall–Kier alpha value is -1.36. The second-order valence-electron chi connectivity index (χ2n) is 5.32. The molecular formula is C14H23NO4. The second kappa shape index (κ2) is 7.28. The molecule has 0 atom stereocenters. The fourth-order valence-corrected chi connectivity index (χ4v) is 1.54. The lowest BCUT2D eigenvalue weighted by Crippen LogP contribution is -2.21. The number of carbonyl (C=O) groups is 1. The number of aliphatic imine (C=N–C) groups is 1. The van der Waals surface area contributed by atoms with Crippen LogP contribution in [0, 0.1) is 0 Å². The van der Waals surface area contributed by atoms with Gasteiger partial charge in [0.15, 0.2) is 6.61 Å². The number of carbonyl (C=O) groups excluding carboxylic acids is 1. The highest BCUT2D eigenvalue weighted by Gasteiger charge is 2.15. The van der Waals surface area contributed by atoms with Crippen LogP contribution in [0.15, 0.2) is 16.8 Å². The van der Waals surface area contributed by atoms with Crippen molar-refractivity contribution in [3.05, 3.63) is 11.8 Å². The van der Waals surface area contributed by atoms with Gasteiger partial charge in [-0.15, -0.1) is 0 Å². The van der Waals surface area contributed by atoms with Crippen LogP contribution >= 0.6 is 0 Å². The molecule has 0 radical (unpaired) electrons. The van der Waals surface area contributed by atoms with E-state index >= 15 is 0 Å². The van der Waals surface area contributed by atoms with Gasteiger partial charge in [0, 0.05) is 0 Å². The third-order valence-electron chi connectivity index (χ3n) is 2.56. The molecule has 0 aromatic rings. The molecule has 1 aliphatic carbocycles. The van der Waals surface area contributed by atoms with Gasteiger partial charge in [0.25, 0.3) is 0 Å². The smallest absolute Gasteiger partial charge is 0.343 e. The summed E-state index contributed by atoms with van der Waals surface area (Å²) in [6.07, 6.45) is 4.79. The van der Waals surface area contributed by atoms with Crippen molar-refractivity contribution in [3.8, 4) is 0 Å². The zero-order valence-corrected chi connectivity index (χ0v) is 12.2. The van der Waals surface area contributed by atoms with E-state index in [1.54, 1.807) is 0 Å². The summed E-state index contributed by atoms with van der Waals surface area (Å²) in [7, 11) is 1.34. The van der Waals surface area contributed by atoms with Gasteiger partial charge in [-0.2, -0.15) is 0 Å². The summed E-state index contributed by atoms with van der Waals surface area (Å²) in [5.74, 6) is 0.283. The standard InChI is InChI=1S/C14H23NO4/c1-14(2,3)19-10-15-11-7-5-6-8-12(11)18-9-13(16)17-4/h8H,5-7,9-10H2,1-4H3. The molecule has 0 bridgehead atoms. The van der Waals surface area contributed by atoms with E-state index in [4.69, 9.17) is 9.47 Å². The van der Waals surface area contributed by atoms with Crippen molar-refractivity contribution in [1.29, 1.82) is 0 Å². The maximum atomic E-state index is 11.1. The summed E-state index contributed by atoms with van der Waals surface area (Å²) in [6, 6.07) is 0. The number of hydrogen-bond donors (Lipinski definition) is 0. The van der Waals surface area contributed by atoms with Crippen LogP contribution in [-0.2, 0) is 19.0 Å². The van der Waals surface area contributed by atoms with Gasteiger partial charge in [-0.1, -0.05) is 0 Å². The molecule has 0 aliphatic heterocycles. The van der Waals surface area contributed by atoms with Gasteiger partial charge in [0.1, 0.15) is 12.5 Å². The van der Waals surface area contributed by atoms with Gasteiger partial charge >= 0.3 is 5.97 Å². The second-order valence-corrected chi connectivity index (χ2v) is 5.32. The largest absolute Gasteiger partial charge is 0.480 e. The maximum absolute atomic E-state index is 11.1. The van der Waals surface area contributed by atoms with Crippen LogP contribution in [0.2, 0.25) is 0 Å². The highest BCUT2D eigenvalue weighted by molar-refractivity contribution is 5.99. The molecule has 0 aromatic heterocycles. The van der Waals surface area contributed by atoms with E-state index in [2.05, 4.69) is 9.73 Å². The van der Waals surface area contributed by atoms with E-state index in [-0.39, 0.29) is 12.2 Å². The summed E-state index contributed by atoms with van der Waals surface area (Å²) in [5.41, 5.74) is 0.648. The molecule has 5 heteroatoms. The lowest BCUT2D eigenvalue weighted by atomic mass is 10.0. The Morgan fingerprint density at radius 1 is 1.42 bits per heavy atom. The first-order valence-corrected chi connectivity index (χ1v) is 6.50. The van der Waals surface area contributed by atoms with Crippen molar-refractivity contribution in [2.24, 2.45) is 4.99 Å². The molecule has 19 heavy (non-hydrogen) atoms. The molecule has 0 N–H and O–H groups in total. The minimum absolute atomic E-state index is 0.0819. The van der Waals surface area contributed by atoms with Crippen LogP contribution < -0.4 is 0 Å². The van der Waals surface area contributed by atoms with Gasteiger partial charge in [-0.05, 0) is 46.1 Å². The molecule has 0 saturated heterocycles. The Labute approximate surface area is 114 Å². The highest BCUT2D eigenvalue weighted by Crippen LogP contribution is 2.17. The topological polar surface area (TPSA) is 57.1 Å². The third kappa shape index (κ3) is 6.38. The van der Waals surface area contributed by atoms with E-state index in [1.165, 1.54) is 7.11 Å². The Kier molecular flexibility index (Phi) is 6.02. The van der Waals surface area contributed by atoms with Crippen molar-refractivity contribution in [3.63, 3.8) is 0 Å². The summed E-state index contributed by atoms with van der Waals surface area (Å²) in [5, 5.41) is 0. The molecule has 1 aliphatic rings. The Morgan fingerprint density at radius 3 is 2.79 bits per heavy atom. The molecule has 0 spiro atoms. The predicted octanol–water partition coefficient (Wildman–Crippen LogP) is 2.46. The van der Waals surface area contributed by atoms with Crippen LogP contribution in [0.3, 0.4) is 0 Å². The molecule has 0 amide bonds. The number of esters is 1. The summed E-state index contributed by atoms with van der Waals surface area (Å²) >= 11 is 0. The van der Waals surface area contributed by atoms with Gasteiger partial charge in [-0.3, -0.25) is 4.99 Å². The summed E-state index contributed by atoms with van der Waals surface area (Å²) in [4.78, 5) is 15.5. The van der Waals surface area contributed by atoms with Crippen molar-refractivity contribution < 1.29 is 19.0 Å².